The Hall–Kier alpha value is -3.83. The summed E-state index contributed by atoms with van der Waals surface area (Å²) in [6, 6.07) is 26.7. The maximum absolute atomic E-state index is 13.7. The molecular weight excluding hydrogens is 390 g/mol. The van der Waals surface area contributed by atoms with E-state index >= 15 is 0 Å². The van der Waals surface area contributed by atoms with Gasteiger partial charge in [0.05, 0.1) is 12.2 Å². The highest BCUT2D eigenvalue weighted by Crippen LogP contribution is 2.47. The third kappa shape index (κ3) is 2.57. The normalized spacial score (nSPS) is 19.1. The topological polar surface area (TPSA) is 59.0 Å². The SMILES string of the molecule is O=C1N(Cc2cccc3ccccc23)c2ccccc2C1(O)c1ccc2c(c1)OCO2. The summed E-state index contributed by atoms with van der Waals surface area (Å²) >= 11 is 0. The fourth-order valence-electron chi connectivity index (χ4n) is 4.59. The molecule has 0 bridgehead atoms. The monoisotopic (exact) mass is 409 g/mol. The third-order valence-corrected chi connectivity index (χ3v) is 6.14. The summed E-state index contributed by atoms with van der Waals surface area (Å²) in [7, 11) is 0. The van der Waals surface area contributed by atoms with Crippen LogP contribution in [0.15, 0.2) is 84.9 Å². The highest BCUT2D eigenvalue weighted by molar-refractivity contribution is 6.09. The fourth-order valence-corrected chi connectivity index (χ4v) is 4.59. The van der Waals surface area contributed by atoms with E-state index in [1.165, 1.54) is 0 Å². The van der Waals surface area contributed by atoms with E-state index in [9.17, 15) is 9.90 Å². The molecule has 5 heteroatoms. The molecule has 0 aliphatic carbocycles. The van der Waals surface area contributed by atoms with Crippen molar-refractivity contribution < 1.29 is 19.4 Å². The Bertz CT molecular complexity index is 1340. The molecule has 0 fully saturated rings. The molecule has 2 aliphatic rings. The van der Waals surface area contributed by atoms with Crippen molar-refractivity contribution in [3.05, 3.63) is 102 Å². The van der Waals surface area contributed by atoms with Gasteiger partial charge in [-0.05, 0) is 34.5 Å². The van der Waals surface area contributed by atoms with Gasteiger partial charge in [0.1, 0.15) is 0 Å². The molecule has 0 saturated heterocycles. The highest BCUT2D eigenvalue weighted by Gasteiger charge is 2.51. The molecule has 4 aromatic rings. The first-order chi connectivity index (χ1) is 15.2. The lowest BCUT2D eigenvalue weighted by Gasteiger charge is -2.24. The second-order valence-electron chi connectivity index (χ2n) is 7.83. The standard InChI is InChI=1S/C26H19NO4/c28-25-26(29,19-12-13-23-24(14-19)31-16-30-23)21-10-3-4-11-22(21)27(25)15-18-8-5-7-17-6-1-2-9-20(17)18/h1-14,29H,15-16H2. The number of aliphatic hydroxyl groups is 1. The quantitative estimate of drug-likeness (QED) is 0.547. The number of fused-ring (bicyclic) bond motifs is 3. The number of nitrogens with zero attached hydrogens (tertiary/aromatic N) is 1. The average Bonchev–Trinajstić information content (AvgIpc) is 3.37. The molecule has 0 radical (unpaired) electrons. The van der Waals surface area contributed by atoms with Gasteiger partial charge in [-0.25, -0.2) is 0 Å². The number of para-hydroxylation sites is 1. The minimum atomic E-state index is -1.79. The first-order valence-electron chi connectivity index (χ1n) is 10.2. The summed E-state index contributed by atoms with van der Waals surface area (Å²) < 4.78 is 10.9. The van der Waals surface area contributed by atoms with Crippen molar-refractivity contribution in [2.75, 3.05) is 11.7 Å². The molecule has 0 aromatic heterocycles. The number of amides is 1. The number of hydrogen-bond donors (Lipinski definition) is 1. The van der Waals surface area contributed by atoms with Crippen LogP contribution in [-0.4, -0.2) is 17.8 Å². The summed E-state index contributed by atoms with van der Waals surface area (Å²) in [6.45, 7) is 0.499. The Morgan fingerprint density at radius 2 is 1.65 bits per heavy atom. The van der Waals surface area contributed by atoms with E-state index in [-0.39, 0.29) is 12.7 Å². The van der Waals surface area contributed by atoms with Crippen LogP contribution in [0.5, 0.6) is 11.5 Å². The molecular formula is C26H19NO4. The van der Waals surface area contributed by atoms with Crippen LogP contribution < -0.4 is 14.4 Å². The summed E-state index contributed by atoms with van der Waals surface area (Å²) in [5, 5.41) is 14.0. The van der Waals surface area contributed by atoms with Crippen molar-refractivity contribution in [1.29, 1.82) is 0 Å². The van der Waals surface area contributed by atoms with Gasteiger partial charge in [0.2, 0.25) is 6.79 Å². The predicted molar refractivity (Wildman–Crippen MR) is 117 cm³/mol. The van der Waals surface area contributed by atoms with Gasteiger partial charge in [-0.3, -0.25) is 4.79 Å². The van der Waals surface area contributed by atoms with Gasteiger partial charge in [0, 0.05) is 11.1 Å². The van der Waals surface area contributed by atoms with Crippen molar-refractivity contribution in [1.82, 2.24) is 0 Å². The summed E-state index contributed by atoms with van der Waals surface area (Å²) in [5.74, 6) is 0.767. The van der Waals surface area contributed by atoms with Crippen LogP contribution in [-0.2, 0) is 16.9 Å². The van der Waals surface area contributed by atoms with Crippen LogP contribution in [0.25, 0.3) is 10.8 Å². The van der Waals surface area contributed by atoms with Crippen molar-refractivity contribution in [2.45, 2.75) is 12.1 Å². The zero-order chi connectivity index (χ0) is 21.0. The number of benzene rings is 4. The van der Waals surface area contributed by atoms with Crippen LogP contribution in [0, 0.1) is 0 Å². The number of ether oxygens (including phenoxy) is 2. The number of carbonyl (C=O) groups excluding carboxylic acids is 1. The van der Waals surface area contributed by atoms with Crippen LogP contribution in [0.3, 0.4) is 0 Å². The van der Waals surface area contributed by atoms with E-state index in [1.54, 1.807) is 29.2 Å². The van der Waals surface area contributed by atoms with Gasteiger partial charge in [0.15, 0.2) is 17.1 Å². The first kappa shape index (κ1) is 18.0. The van der Waals surface area contributed by atoms with E-state index in [0.29, 0.717) is 34.9 Å². The first-order valence-corrected chi connectivity index (χ1v) is 10.2. The highest BCUT2D eigenvalue weighted by atomic mass is 16.7. The van der Waals surface area contributed by atoms with E-state index in [2.05, 4.69) is 18.2 Å². The Morgan fingerprint density at radius 3 is 2.58 bits per heavy atom. The minimum Gasteiger partial charge on any atom is -0.454 e. The van der Waals surface area contributed by atoms with Gasteiger partial charge in [-0.1, -0.05) is 66.7 Å². The zero-order valence-corrected chi connectivity index (χ0v) is 16.6. The maximum atomic E-state index is 13.7. The third-order valence-electron chi connectivity index (χ3n) is 6.14. The second-order valence-corrected chi connectivity index (χ2v) is 7.83. The van der Waals surface area contributed by atoms with Crippen molar-refractivity contribution in [2.24, 2.45) is 0 Å². The average molecular weight is 409 g/mol. The predicted octanol–water partition coefficient (Wildman–Crippen LogP) is 4.35. The number of anilines is 1. The molecule has 6 rings (SSSR count). The van der Waals surface area contributed by atoms with Gasteiger partial charge < -0.3 is 19.5 Å². The number of rotatable bonds is 3. The lowest BCUT2D eigenvalue weighted by Crippen LogP contribution is -2.40. The van der Waals surface area contributed by atoms with E-state index in [1.807, 2.05) is 42.5 Å². The van der Waals surface area contributed by atoms with E-state index in [4.69, 9.17) is 9.47 Å². The van der Waals surface area contributed by atoms with Crippen LogP contribution in [0.2, 0.25) is 0 Å². The molecule has 0 spiro atoms. The Balaban J connectivity index is 1.47. The summed E-state index contributed by atoms with van der Waals surface area (Å²) in [5.41, 5.74) is 0.979. The summed E-state index contributed by atoms with van der Waals surface area (Å²) in [4.78, 5) is 15.4. The summed E-state index contributed by atoms with van der Waals surface area (Å²) in [6.07, 6.45) is 0. The van der Waals surface area contributed by atoms with Crippen LogP contribution in [0.4, 0.5) is 5.69 Å². The van der Waals surface area contributed by atoms with Crippen molar-refractivity contribution >= 4 is 22.4 Å². The van der Waals surface area contributed by atoms with Gasteiger partial charge in [-0.15, -0.1) is 0 Å². The Labute approximate surface area is 179 Å². The maximum Gasteiger partial charge on any atom is 0.268 e. The largest absolute Gasteiger partial charge is 0.454 e. The fraction of sp³-hybridized carbons (Fsp3) is 0.115. The van der Waals surface area contributed by atoms with Gasteiger partial charge >= 0.3 is 0 Å². The second kappa shape index (κ2) is 6.59. The molecule has 2 heterocycles. The zero-order valence-electron chi connectivity index (χ0n) is 16.6. The Morgan fingerprint density at radius 1 is 0.871 bits per heavy atom. The smallest absolute Gasteiger partial charge is 0.268 e. The molecule has 31 heavy (non-hydrogen) atoms. The van der Waals surface area contributed by atoms with E-state index < -0.39 is 5.60 Å². The minimum absolute atomic E-state index is 0.134. The number of hydrogen-bond acceptors (Lipinski definition) is 4. The van der Waals surface area contributed by atoms with Crippen molar-refractivity contribution in [3.8, 4) is 11.5 Å². The lowest BCUT2D eigenvalue weighted by molar-refractivity contribution is -0.132. The van der Waals surface area contributed by atoms with Gasteiger partial charge in [0.25, 0.3) is 5.91 Å². The van der Waals surface area contributed by atoms with Crippen LogP contribution >= 0.6 is 0 Å². The Kier molecular flexibility index (Phi) is 3.82. The van der Waals surface area contributed by atoms with Gasteiger partial charge in [-0.2, -0.15) is 0 Å². The number of carbonyl (C=O) groups is 1. The molecule has 152 valence electrons. The molecule has 1 atom stereocenters. The molecule has 1 unspecified atom stereocenters. The molecule has 0 saturated carbocycles. The molecule has 1 amide bonds. The molecule has 4 aromatic carbocycles. The lowest BCUT2D eigenvalue weighted by atomic mass is 9.87. The molecule has 2 aliphatic heterocycles. The van der Waals surface area contributed by atoms with Crippen LogP contribution in [0.1, 0.15) is 16.7 Å². The van der Waals surface area contributed by atoms with Crippen molar-refractivity contribution in [3.63, 3.8) is 0 Å². The van der Waals surface area contributed by atoms with E-state index in [0.717, 1.165) is 16.3 Å². The molecule has 5 nitrogen and oxygen atoms in total. The molecule has 1 N–H and O–H groups in total.